The van der Waals surface area contributed by atoms with Crippen LogP contribution in [0.5, 0.6) is 0 Å². The normalized spacial score (nSPS) is 11.9. The van der Waals surface area contributed by atoms with E-state index in [1.165, 1.54) is 12.1 Å². The van der Waals surface area contributed by atoms with Crippen molar-refractivity contribution in [2.75, 3.05) is 0 Å². The molecule has 3 rings (SSSR count). The first-order valence-electron chi connectivity index (χ1n) is 6.24. The predicted octanol–water partition coefficient (Wildman–Crippen LogP) is 4.78. The van der Waals surface area contributed by atoms with Gasteiger partial charge in [0.05, 0.1) is 5.56 Å². The minimum Gasteiger partial charge on any atom is -0.361 e. The molecule has 0 unspecified atom stereocenters. The predicted molar refractivity (Wildman–Crippen MR) is 72.5 cm³/mol. The maximum Gasteiger partial charge on any atom is 0.416 e. The van der Waals surface area contributed by atoms with Gasteiger partial charge in [-0.3, -0.25) is 0 Å². The third kappa shape index (κ3) is 2.54. The van der Waals surface area contributed by atoms with Gasteiger partial charge < -0.3 is 4.98 Å². The number of hydrogen-bond donors (Lipinski definition) is 1. The standard InChI is InChI=1S/C16H12F3N/c17-16(18,19)14-4-1-11(2-5-14)9-12-3-6-15-13(10-12)7-8-20-15/h1-8,10,20H,9H2. The topological polar surface area (TPSA) is 15.8 Å². The minimum atomic E-state index is -4.28. The summed E-state index contributed by atoms with van der Waals surface area (Å²) in [6, 6.07) is 13.3. The lowest BCUT2D eigenvalue weighted by atomic mass is 10.0. The van der Waals surface area contributed by atoms with Crippen LogP contribution in [-0.4, -0.2) is 4.98 Å². The number of aromatic amines is 1. The van der Waals surface area contributed by atoms with Gasteiger partial charge in [0.2, 0.25) is 0 Å². The Morgan fingerprint density at radius 3 is 2.25 bits per heavy atom. The molecule has 0 radical (unpaired) electrons. The molecule has 0 saturated heterocycles. The molecule has 2 aromatic carbocycles. The number of nitrogens with one attached hydrogen (secondary N) is 1. The number of hydrogen-bond acceptors (Lipinski definition) is 0. The first-order chi connectivity index (χ1) is 9.52. The molecule has 0 amide bonds. The van der Waals surface area contributed by atoms with E-state index in [0.717, 1.165) is 34.2 Å². The van der Waals surface area contributed by atoms with Gasteiger partial charge in [0.25, 0.3) is 0 Å². The maximum atomic E-state index is 12.5. The lowest BCUT2D eigenvalue weighted by Crippen LogP contribution is -2.04. The first kappa shape index (κ1) is 12.8. The SMILES string of the molecule is FC(F)(F)c1ccc(Cc2ccc3[nH]ccc3c2)cc1. The Balaban J connectivity index is 1.83. The zero-order valence-electron chi connectivity index (χ0n) is 10.5. The van der Waals surface area contributed by atoms with E-state index < -0.39 is 11.7 Å². The Hall–Kier alpha value is -2.23. The number of rotatable bonds is 2. The van der Waals surface area contributed by atoms with Crippen molar-refractivity contribution in [2.24, 2.45) is 0 Å². The molecule has 1 heterocycles. The summed E-state index contributed by atoms with van der Waals surface area (Å²) in [5.74, 6) is 0. The van der Waals surface area contributed by atoms with E-state index in [1.807, 2.05) is 30.5 Å². The fourth-order valence-corrected chi connectivity index (χ4v) is 2.26. The van der Waals surface area contributed by atoms with Crippen LogP contribution in [-0.2, 0) is 12.6 Å². The van der Waals surface area contributed by atoms with Gasteiger partial charge in [-0.2, -0.15) is 13.2 Å². The van der Waals surface area contributed by atoms with Crippen molar-refractivity contribution in [1.82, 2.24) is 4.98 Å². The van der Waals surface area contributed by atoms with Gasteiger partial charge in [-0.1, -0.05) is 18.2 Å². The molecule has 20 heavy (non-hydrogen) atoms. The summed E-state index contributed by atoms with van der Waals surface area (Å²) in [6.07, 6.45) is -1.78. The van der Waals surface area contributed by atoms with Gasteiger partial charge in [-0.05, 0) is 53.3 Å². The second-order valence-electron chi connectivity index (χ2n) is 4.77. The van der Waals surface area contributed by atoms with Crippen molar-refractivity contribution in [3.63, 3.8) is 0 Å². The highest BCUT2D eigenvalue weighted by molar-refractivity contribution is 5.80. The molecule has 0 aliphatic rings. The van der Waals surface area contributed by atoms with Crippen molar-refractivity contribution in [3.8, 4) is 0 Å². The molecule has 0 bridgehead atoms. The van der Waals surface area contributed by atoms with E-state index in [4.69, 9.17) is 0 Å². The molecular weight excluding hydrogens is 263 g/mol. The highest BCUT2D eigenvalue weighted by atomic mass is 19.4. The molecule has 1 nitrogen and oxygen atoms in total. The molecule has 3 aromatic rings. The lowest BCUT2D eigenvalue weighted by molar-refractivity contribution is -0.137. The molecule has 4 heteroatoms. The number of alkyl halides is 3. The Morgan fingerprint density at radius 2 is 1.55 bits per heavy atom. The molecule has 102 valence electrons. The van der Waals surface area contributed by atoms with Gasteiger partial charge in [0.15, 0.2) is 0 Å². The van der Waals surface area contributed by atoms with Crippen LogP contribution in [0.1, 0.15) is 16.7 Å². The lowest BCUT2D eigenvalue weighted by Gasteiger charge is -2.08. The number of fused-ring (bicyclic) bond motifs is 1. The molecule has 0 spiro atoms. The number of H-pyrrole nitrogens is 1. The summed E-state index contributed by atoms with van der Waals surface area (Å²) in [5, 5.41) is 1.11. The van der Waals surface area contributed by atoms with Crippen molar-refractivity contribution in [2.45, 2.75) is 12.6 Å². The monoisotopic (exact) mass is 275 g/mol. The summed E-state index contributed by atoms with van der Waals surface area (Å²) in [6.45, 7) is 0. The zero-order chi connectivity index (χ0) is 14.2. The van der Waals surface area contributed by atoms with Crippen molar-refractivity contribution in [3.05, 3.63) is 71.4 Å². The quantitative estimate of drug-likeness (QED) is 0.693. The number of halogens is 3. The second kappa shape index (κ2) is 4.71. The summed E-state index contributed by atoms with van der Waals surface area (Å²) >= 11 is 0. The first-order valence-corrected chi connectivity index (χ1v) is 6.24. The fourth-order valence-electron chi connectivity index (χ4n) is 2.26. The summed E-state index contributed by atoms with van der Waals surface area (Å²) in [7, 11) is 0. The van der Waals surface area contributed by atoms with Gasteiger partial charge in [0, 0.05) is 11.7 Å². The molecule has 0 atom stereocenters. The third-order valence-electron chi connectivity index (χ3n) is 3.31. The Morgan fingerprint density at radius 1 is 0.850 bits per heavy atom. The largest absolute Gasteiger partial charge is 0.416 e. The summed E-state index contributed by atoms with van der Waals surface area (Å²) < 4.78 is 37.4. The average molecular weight is 275 g/mol. The van der Waals surface area contributed by atoms with Crippen LogP contribution >= 0.6 is 0 Å². The Bertz CT molecular complexity index is 723. The molecule has 1 aromatic heterocycles. The van der Waals surface area contributed by atoms with Gasteiger partial charge >= 0.3 is 6.18 Å². The highest BCUT2D eigenvalue weighted by Crippen LogP contribution is 2.29. The summed E-state index contributed by atoms with van der Waals surface area (Å²) in [5.41, 5.74) is 2.40. The van der Waals surface area contributed by atoms with Gasteiger partial charge in [0.1, 0.15) is 0 Å². The van der Waals surface area contributed by atoms with Crippen LogP contribution in [0.2, 0.25) is 0 Å². The number of aromatic nitrogens is 1. The maximum absolute atomic E-state index is 12.5. The highest BCUT2D eigenvalue weighted by Gasteiger charge is 2.29. The smallest absolute Gasteiger partial charge is 0.361 e. The van der Waals surface area contributed by atoms with Crippen LogP contribution in [0.3, 0.4) is 0 Å². The third-order valence-corrected chi connectivity index (χ3v) is 3.31. The van der Waals surface area contributed by atoms with Crippen LogP contribution in [0.4, 0.5) is 13.2 Å². The Labute approximate surface area is 114 Å². The van der Waals surface area contributed by atoms with Crippen molar-refractivity contribution in [1.29, 1.82) is 0 Å². The van der Waals surface area contributed by atoms with Crippen LogP contribution in [0.25, 0.3) is 10.9 Å². The van der Waals surface area contributed by atoms with E-state index in [0.29, 0.717) is 6.42 Å². The zero-order valence-corrected chi connectivity index (χ0v) is 10.5. The minimum absolute atomic E-state index is 0.609. The Kier molecular flexibility index (Phi) is 3.01. The molecule has 0 saturated carbocycles. The van der Waals surface area contributed by atoms with E-state index in [2.05, 4.69) is 4.98 Å². The number of benzene rings is 2. The molecule has 0 aliphatic heterocycles. The average Bonchev–Trinajstić information content (AvgIpc) is 2.86. The van der Waals surface area contributed by atoms with Crippen molar-refractivity contribution < 1.29 is 13.2 Å². The summed E-state index contributed by atoms with van der Waals surface area (Å²) in [4.78, 5) is 3.11. The fraction of sp³-hybridized carbons (Fsp3) is 0.125. The van der Waals surface area contributed by atoms with Crippen LogP contribution < -0.4 is 0 Å². The molecular formula is C16H12F3N. The van der Waals surface area contributed by atoms with Crippen LogP contribution in [0.15, 0.2) is 54.7 Å². The molecule has 1 N–H and O–H groups in total. The molecule has 0 fully saturated rings. The van der Waals surface area contributed by atoms with Crippen molar-refractivity contribution >= 4 is 10.9 Å². The van der Waals surface area contributed by atoms with Gasteiger partial charge in [-0.25, -0.2) is 0 Å². The van der Waals surface area contributed by atoms with Gasteiger partial charge in [-0.15, -0.1) is 0 Å². The van der Waals surface area contributed by atoms with E-state index in [9.17, 15) is 13.2 Å². The van der Waals surface area contributed by atoms with E-state index in [-0.39, 0.29) is 0 Å². The molecule has 0 aliphatic carbocycles. The van der Waals surface area contributed by atoms with Crippen LogP contribution in [0, 0.1) is 0 Å². The van der Waals surface area contributed by atoms with E-state index >= 15 is 0 Å². The van der Waals surface area contributed by atoms with E-state index in [1.54, 1.807) is 0 Å². The second-order valence-corrected chi connectivity index (χ2v) is 4.77.